The largest absolute Gasteiger partial charge is 0.489 e. The fourth-order valence-electron chi connectivity index (χ4n) is 13.5. The molecule has 0 aliphatic rings. The van der Waals surface area contributed by atoms with Crippen LogP contribution in [0.3, 0.4) is 0 Å². The number of hydrogen-bond acceptors (Lipinski definition) is 16. The summed E-state index contributed by atoms with van der Waals surface area (Å²) in [6, 6.07) is 131. The van der Waals surface area contributed by atoms with Crippen molar-refractivity contribution in [1.29, 1.82) is 0 Å². The summed E-state index contributed by atoms with van der Waals surface area (Å²) < 4.78 is 90.8. The molecule has 0 saturated heterocycles. The Labute approximate surface area is 734 Å². The topological polar surface area (TPSA) is 154 Å². The van der Waals surface area contributed by atoms with Crippen molar-refractivity contribution in [2.75, 3.05) is 0 Å². The fraction of sp³-hybridized carbons (Fsp3) is 0.127. The predicted octanol–water partition coefficient (Wildman–Crippen LogP) is 26.2. The first-order valence-corrected chi connectivity index (χ1v) is 41.8. The Morgan fingerprint density at radius 3 is 0.365 bits per heavy atom. The molecule has 0 fully saturated rings. The molecule has 16 rings (SSSR count). The summed E-state index contributed by atoms with van der Waals surface area (Å²) >= 11 is 0. The van der Waals surface area contributed by atoms with Crippen molar-refractivity contribution < 1.29 is 66.3 Å². The molecule has 126 heavy (non-hydrogen) atoms. The molecule has 16 heteroatoms. The Kier molecular flexibility index (Phi) is 29.5. The summed E-state index contributed by atoms with van der Waals surface area (Å²) in [5.41, 5.74) is 14.6. The third-order valence-corrected chi connectivity index (χ3v) is 20.0. The van der Waals surface area contributed by atoms with Crippen LogP contribution in [0.5, 0.6) is 80.5 Å². The minimum Gasteiger partial charge on any atom is -0.489 e. The van der Waals surface area contributed by atoms with Crippen molar-refractivity contribution >= 4 is 11.4 Å². The van der Waals surface area contributed by atoms with Gasteiger partial charge in [0.05, 0.1) is 11.4 Å². The van der Waals surface area contributed by atoms with Gasteiger partial charge in [0.2, 0.25) is 0 Å². The lowest BCUT2D eigenvalue weighted by Gasteiger charge is -2.16. The molecule has 16 aromatic carbocycles. The van der Waals surface area contributed by atoms with Gasteiger partial charge in [-0.2, -0.15) is 10.2 Å². The average molecular weight is 1670 g/mol. The van der Waals surface area contributed by atoms with Gasteiger partial charge in [0, 0.05) is 36.4 Å². The van der Waals surface area contributed by atoms with Crippen molar-refractivity contribution in [2.45, 2.75) is 92.5 Å². The molecule has 0 saturated carbocycles. The molecule has 0 aliphatic carbocycles. The smallest absolute Gasteiger partial charge is 0.123 e. The zero-order valence-electron chi connectivity index (χ0n) is 69.6. The quantitative estimate of drug-likeness (QED) is 0.0333. The molecule has 0 radical (unpaired) electrons. The third kappa shape index (κ3) is 26.9. The predicted molar refractivity (Wildman–Crippen MR) is 488 cm³/mol. The Morgan fingerprint density at radius 1 is 0.111 bits per heavy atom. The average Bonchev–Trinajstić information content (AvgIpc) is 0.844. The van der Waals surface area contributed by atoms with Crippen LogP contribution in [0.25, 0.3) is 0 Å². The van der Waals surface area contributed by atoms with Crippen LogP contribution in [0.1, 0.15) is 77.9 Å². The van der Waals surface area contributed by atoms with Gasteiger partial charge in [-0.25, -0.2) is 0 Å². The van der Waals surface area contributed by atoms with Crippen LogP contribution < -0.4 is 66.3 Å². The molecule has 0 unspecified atom stereocenters. The van der Waals surface area contributed by atoms with Gasteiger partial charge in [0.25, 0.3) is 0 Å². The monoisotopic (exact) mass is 1670 g/mol. The van der Waals surface area contributed by atoms with Gasteiger partial charge in [0.1, 0.15) is 173 Å². The summed E-state index contributed by atoms with van der Waals surface area (Å²) in [5, 5.41) is 9.21. The van der Waals surface area contributed by atoms with E-state index in [0.717, 1.165) is 77.9 Å². The molecule has 0 aromatic heterocycles. The van der Waals surface area contributed by atoms with E-state index in [2.05, 4.69) is 10.2 Å². The summed E-state index contributed by atoms with van der Waals surface area (Å²) in [7, 11) is 0. The van der Waals surface area contributed by atoms with Crippen LogP contribution in [0.15, 0.2) is 411 Å². The van der Waals surface area contributed by atoms with Crippen LogP contribution in [-0.4, -0.2) is 0 Å². The first kappa shape index (κ1) is 83.9. The number of hydrogen-bond donors (Lipinski definition) is 0. The molecule has 0 atom stereocenters. The van der Waals surface area contributed by atoms with Gasteiger partial charge in [-0.15, -0.1) is 0 Å². The standard InChI is InChI=1S/C110H94N2O14/c1-9-25-81(26-10-1)67-115-99-53-91(54-100(61-99)116-68-82-27-11-2-12-28-82)77-123-107-49-89(50-108(65-107)124-78-92-55-101(117-69-83-29-13-3-14-30-83)62-102(56-92)118-70-84-31-15-4-16-32-84)75-113-97-45-41-95(42-46-97)111-112-96-43-47-98(48-44-96)114-76-90-51-109(125-79-93-57-103(119-71-85-33-17-5-18-34-85)63-104(58-93)120-72-86-35-19-6-20-36-86)66-110(52-90)126-80-94-59-105(121-73-87-37-21-7-22-38-87)64-106(60-94)122-74-88-39-23-8-24-40-88/h1-66H,67-80H2. The fourth-order valence-corrected chi connectivity index (χ4v) is 13.5. The lowest BCUT2D eigenvalue weighted by atomic mass is 10.2. The van der Waals surface area contributed by atoms with Crippen molar-refractivity contribution in [3.8, 4) is 80.5 Å². The molecule has 0 aliphatic heterocycles. The highest BCUT2D eigenvalue weighted by molar-refractivity contribution is 5.49. The molecular formula is C110H94N2O14. The van der Waals surface area contributed by atoms with Gasteiger partial charge in [-0.05, 0) is 199 Å². The van der Waals surface area contributed by atoms with Crippen molar-refractivity contribution in [1.82, 2.24) is 0 Å². The second-order valence-electron chi connectivity index (χ2n) is 30.0. The van der Waals surface area contributed by atoms with Gasteiger partial charge in [-0.1, -0.05) is 243 Å². The highest BCUT2D eigenvalue weighted by Crippen LogP contribution is 2.36. The van der Waals surface area contributed by atoms with Gasteiger partial charge in [0.15, 0.2) is 0 Å². The van der Waals surface area contributed by atoms with E-state index >= 15 is 0 Å². The van der Waals surface area contributed by atoms with Crippen molar-refractivity contribution in [3.05, 3.63) is 478 Å². The maximum Gasteiger partial charge on any atom is 0.123 e. The second-order valence-corrected chi connectivity index (χ2v) is 30.0. The highest BCUT2D eigenvalue weighted by Gasteiger charge is 2.16. The zero-order valence-corrected chi connectivity index (χ0v) is 69.6. The van der Waals surface area contributed by atoms with Crippen LogP contribution in [0, 0.1) is 0 Å². The highest BCUT2D eigenvalue weighted by atomic mass is 16.5. The molecular weight excluding hydrogens is 1570 g/mol. The Balaban J connectivity index is 0.601. The molecule has 628 valence electrons. The first-order valence-electron chi connectivity index (χ1n) is 41.8. The third-order valence-electron chi connectivity index (χ3n) is 20.0. The Morgan fingerprint density at radius 2 is 0.230 bits per heavy atom. The van der Waals surface area contributed by atoms with Crippen molar-refractivity contribution in [3.63, 3.8) is 0 Å². The number of azo groups is 1. The number of rotatable bonds is 44. The molecule has 0 amide bonds. The van der Waals surface area contributed by atoms with Crippen LogP contribution in [0.4, 0.5) is 11.4 Å². The molecule has 0 N–H and O–H groups in total. The lowest BCUT2D eigenvalue weighted by Crippen LogP contribution is -2.03. The van der Waals surface area contributed by atoms with E-state index in [4.69, 9.17) is 66.3 Å². The van der Waals surface area contributed by atoms with E-state index in [1.807, 2.05) is 400 Å². The van der Waals surface area contributed by atoms with E-state index < -0.39 is 0 Å². The summed E-state index contributed by atoms with van der Waals surface area (Å²) in [6.07, 6.45) is 0. The maximum absolute atomic E-state index is 6.69. The van der Waals surface area contributed by atoms with E-state index in [9.17, 15) is 0 Å². The molecule has 0 bridgehead atoms. The summed E-state index contributed by atoms with van der Waals surface area (Å²) in [6.45, 7) is 4.17. The SMILES string of the molecule is c1ccc(COc2cc(COc3cc(COc4ccc(N=Nc5ccc(OCc6cc(OCc7cc(OCc8ccccc8)cc(OCc8ccccc8)c7)cc(OCc7cc(OCc8ccccc8)cc(OCc8ccccc8)c7)c6)cc5)cc4)cc(OCc4cc(OCc5ccccc5)cc(OCc5ccccc5)c4)c3)cc(OCc3ccccc3)c2)cc1. The number of benzene rings is 16. The molecule has 0 spiro atoms. The van der Waals surface area contributed by atoms with Crippen LogP contribution in [-0.2, 0) is 92.5 Å². The van der Waals surface area contributed by atoms with E-state index in [0.29, 0.717) is 145 Å². The lowest BCUT2D eigenvalue weighted by molar-refractivity contribution is 0.273. The van der Waals surface area contributed by atoms with Crippen molar-refractivity contribution in [2.24, 2.45) is 10.2 Å². The second kappa shape index (κ2) is 44.2. The maximum atomic E-state index is 6.69. The molecule has 16 aromatic rings. The minimum absolute atomic E-state index is 0.181. The number of ether oxygens (including phenoxy) is 14. The van der Waals surface area contributed by atoms with E-state index in [1.165, 1.54) is 0 Å². The number of nitrogens with zero attached hydrogens (tertiary/aromatic N) is 2. The zero-order chi connectivity index (χ0) is 85.2. The molecule has 0 heterocycles. The molecule has 16 nitrogen and oxygen atoms in total. The Bertz CT molecular complexity index is 5150. The van der Waals surface area contributed by atoms with E-state index in [-0.39, 0.29) is 39.6 Å². The van der Waals surface area contributed by atoms with Gasteiger partial charge < -0.3 is 66.3 Å². The first-order chi connectivity index (χ1) is 62.2. The van der Waals surface area contributed by atoms with Crippen LogP contribution >= 0.6 is 0 Å². The Hall–Kier alpha value is -15.7. The minimum atomic E-state index is 0.181. The normalized spacial score (nSPS) is 11.0. The van der Waals surface area contributed by atoms with Crippen LogP contribution in [0.2, 0.25) is 0 Å². The van der Waals surface area contributed by atoms with E-state index in [1.54, 1.807) is 0 Å². The van der Waals surface area contributed by atoms with Gasteiger partial charge >= 0.3 is 0 Å². The summed E-state index contributed by atoms with van der Waals surface area (Å²) in [5.74, 6) is 8.69. The summed E-state index contributed by atoms with van der Waals surface area (Å²) in [4.78, 5) is 0. The van der Waals surface area contributed by atoms with Gasteiger partial charge in [-0.3, -0.25) is 0 Å².